The van der Waals surface area contributed by atoms with E-state index in [1.807, 2.05) is 6.07 Å². The van der Waals surface area contributed by atoms with Crippen LogP contribution in [0.25, 0.3) is 0 Å². The molecule has 0 heterocycles. The molecular formula is C12H12BrClO3. The number of hydrogen-bond donors (Lipinski definition) is 1. The molecule has 0 spiro atoms. The number of carboxylic acid groups (broad SMARTS) is 1. The highest BCUT2D eigenvalue weighted by Gasteiger charge is 2.52. The minimum atomic E-state index is -0.778. The van der Waals surface area contributed by atoms with E-state index in [4.69, 9.17) is 16.3 Å². The van der Waals surface area contributed by atoms with Crippen molar-refractivity contribution in [2.45, 2.75) is 24.9 Å². The predicted octanol–water partition coefficient (Wildman–Crippen LogP) is 3.37. The van der Waals surface area contributed by atoms with Gasteiger partial charge in [0, 0.05) is 22.2 Å². The third-order valence-corrected chi connectivity index (χ3v) is 4.19. The zero-order chi connectivity index (χ0) is 12.6. The molecule has 5 heteroatoms. The number of methoxy groups -OCH3 is 1. The van der Waals surface area contributed by atoms with Crippen LogP contribution >= 0.6 is 27.5 Å². The molecule has 0 bridgehead atoms. The fraction of sp³-hybridized carbons (Fsp3) is 0.417. The Labute approximate surface area is 113 Å². The van der Waals surface area contributed by atoms with Gasteiger partial charge in [0.1, 0.15) is 0 Å². The first-order valence-electron chi connectivity index (χ1n) is 5.22. The molecule has 1 aliphatic carbocycles. The van der Waals surface area contributed by atoms with Crippen molar-refractivity contribution in [2.24, 2.45) is 0 Å². The van der Waals surface area contributed by atoms with Gasteiger partial charge >= 0.3 is 5.97 Å². The van der Waals surface area contributed by atoms with Crippen LogP contribution in [-0.2, 0) is 21.6 Å². The first kappa shape index (κ1) is 12.9. The van der Waals surface area contributed by atoms with E-state index in [9.17, 15) is 9.90 Å². The summed E-state index contributed by atoms with van der Waals surface area (Å²) in [7, 11) is 1.59. The fourth-order valence-corrected chi connectivity index (χ4v) is 2.88. The standard InChI is InChI=1S/C12H12BrClO3/c1-17-6-8-9(13)4-7(5-10(8)14)12(2-3-12)11(15)16/h4-5H,2-3,6H2,1H3,(H,15,16). The molecule has 0 aromatic heterocycles. The fourth-order valence-electron chi connectivity index (χ4n) is 1.91. The van der Waals surface area contributed by atoms with Gasteiger partial charge in [0.05, 0.1) is 12.0 Å². The van der Waals surface area contributed by atoms with Crippen molar-refractivity contribution in [3.05, 3.63) is 32.8 Å². The van der Waals surface area contributed by atoms with Crippen molar-refractivity contribution in [3.63, 3.8) is 0 Å². The first-order valence-corrected chi connectivity index (χ1v) is 6.39. The maximum atomic E-state index is 11.2. The highest BCUT2D eigenvalue weighted by atomic mass is 79.9. The Morgan fingerprint density at radius 3 is 2.65 bits per heavy atom. The van der Waals surface area contributed by atoms with E-state index < -0.39 is 11.4 Å². The second-order valence-electron chi connectivity index (χ2n) is 4.24. The molecule has 1 fully saturated rings. The minimum absolute atomic E-state index is 0.403. The third kappa shape index (κ3) is 2.21. The highest BCUT2D eigenvalue weighted by Crippen LogP contribution is 2.50. The van der Waals surface area contributed by atoms with Gasteiger partial charge in [-0.1, -0.05) is 27.5 Å². The normalized spacial score (nSPS) is 16.9. The summed E-state index contributed by atoms with van der Waals surface area (Å²) in [5, 5.41) is 9.77. The summed E-state index contributed by atoms with van der Waals surface area (Å²) in [5.41, 5.74) is 0.887. The average Bonchev–Trinajstić information content (AvgIpc) is 3.04. The second-order valence-corrected chi connectivity index (χ2v) is 5.50. The predicted molar refractivity (Wildman–Crippen MR) is 68.4 cm³/mol. The zero-order valence-electron chi connectivity index (χ0n) is 9.30. The largest absolute Gasteiger partial charge is 0.481 e. The van der Waals surface area contributed by atoms with Crippen LogP contribution in [0.1, 0.15) is 24.0 Å². The summed E-state index contributed by atoms with van der Waals surface area (Å²) in [4.78, 5) is 11.2. The Balaban J connectivity index is 2.43. The van der Waals surface area contributed by atoms with Gasteiger partial charge in [0.25, 0.3) is 0 Å². The molecule has 1 saturated carbocycles. The molecule has 0 saturated heterocycles. The molecule has 1 N–H and O–H groups in total. The molecule has 1 aromatic carbocycles. The van der Waals surface area contributed by atoms with E-state index in [1.54, 1.807) is 13.2 Å². The maximum Gasteiger partial charge on any atom is 0.314 e. The van der Waals surface area contributed by atoms with Crippen LogP contribution in [-0.4, -0.2) is 18.2 Å². The molecule has 17 heavy (non-hydrogen) atoms. The number of hydrogen-bond acceptors (Lipinski definition) is 2. The molecule has 92 valence electrons. The number of aliphatic carboxylic acids is 1. The number of carboxylic acids is 1. The van der Waals surface area contributed by atoms with Crippen LogP contribution in [0.2, 0.25) is 5.02 Å². The smallest absolute Gasteiger partial charge is 0.314 e. The van der Waals surface area contributed by atoms with Crippen molar-refractivity contribution in [3.8, 4) is 0 Å². The lowest BCUT2D eigenvalue weighted by atomic mass is 9.95. The molecule has 3 nitrogen and oxygen atoms in total. The molecule has 0 aliphatic heterocycles. The number of halogens is 2. The number of ether oxygens (including phenoxy) is 1. The van der Waals surface area contributed by atoms with Gasteiger partial charge in [-0.15, -0.1) is 0 Å². The van der Waals surface area contributed by atoms with Crippen molar-refractivity contribution in [1.82, 2.24) is 0 Å². The van der Waals surface area contributed by atoms with Crippen molar-refractivity contribution in [2.75, 3.05) is 7.11 Å². The molecule has 2 rings (SSSR count). The number of rotatable bonds is 4. The summed E-state index contributed by atoms with van der Waals surface area (Å²) in [6.45, 7) is 0.403. The van der Waals surface area contributed by atoms with Gasteiger partial charge in [-0.2, -0.15) is 0 Å². The first-order chi connectivity index (χ1) is 8.01. The van der Waals surface area contributed by atoms with Crippen LogP contribution in [0.15, 0.2) is 16.6 Å². The SMILES string of the molecule is COCc1c(Cl)cc(C2(C(=O)O)CC2)cc1Br. The lowest BCUT2D eigenvalue weighted by molar-refractivity contribution is -0.140. The monoisotopic (exact) mass is 318 g/mol. The van der Waals surface area contributed by atoms with Gasteiger partial charge in [0.2, 0.25) is 0 Å². The van der Waals surface area contributed by atoms with Crippen LogP contribution in [0, 0.1) is 0 Å². The van der Waals surface area contributed by atoms with Crippen molar-refractivity contribution in [1.29, 1.82) is 0 Å². The maximum absolute atomic E-state index is 11.2. The number of carbonyl (C=O) groups is 1. The summed E-state index contributed by atoms with van der Waals surface area (Å²) in [6.07, 6.45) is 1.35. The molecule has 0 radical (unpaired) electrons. The summed E-state index contributed by atoms with van der Waals surface area (Å²) < 4.78 is 5.85. The average molecular weight is 320 g/mol. The van der Waals surface area contributed by atoms with Crippen molar-refractivity contribution < 1.29 is 14.6 Å². The van der Waals surface area contributed by atoms with E-state index in [1.165, 1.54) is 0 Å². The van der Waals surface area contributed by atoms with E-state index in [0.29, 0.717) is 24.5 Å². The van der Waals surface area contributed by atoms with E-state index >= 15 is 0 Å². The third-order valence-electron chi connectivity index (χ3n) is 3.14. The Hall–Kier alpha value is -0.580. The van der Waals surface area contributed by atoms with Gasteiger partial charge in [-0.05, 0) is 30.5 Å². The zero-order valence-corrected chi connectivity index (χ0v) is 11.6. The lowest BCUT2D eigenvalue weighted by Gasteiger charge is -2.14. The van der Waals surface area contributed by atoms with Crippen LogP contribution in [0.5, 0.6) is 0 Å². The van der Waals surface area contributed by atoms with Crippen molar-refractivity contribution >= 4 is 33.5 Å². The van der Waals surface area contributed by atoms with Gasteiger partial charge in [-0.3, -0.25) is 4.79 Å². The summed E-state index contributed by atoms with van der Waals surface area (Å²) >= 11 is 9.56. The van der Waals surface area contributed by atoms with E-state index in [0.717, 1.165) is 15.6 Å². The summed E-state index contributed by atoms with van der Waals surface area (Å²) in [5.74, 6) is -0.778. The molecule has 0 amide bonds. The second kappa shape index (κ2) is 4.59. The topological polar surface area (TPSA) is 46.5 Å². The van der Waals surface area contributed by atoms with E-state index in [2.05, 4.69) is 15.9 Å². The Bertz CT molecular complexity index is 446. The Morgan fingerprint density at radius 2 is 2.24 bits per heavy atom. The number of benzene rings is 1. The van der Waals surface area contributed by atoms with E-state index in [-0.39, 0.29) is 0 Å². The molecule has 1 aliphatic rings. The summed E-state index contributed by atoms with van der Waals surface area (Å²) in [6, 6.07) is 3.57. The minimum Gasteiger partial charge on any atom is -0.481 e. The van der Waals surface area contributed by atoms with Gasteiger partial charge in [0.15, 0.2) is 0 Å². The van der Waals surface area contributed by atoms with Crippen LogP contribution in [0.3, 0.4) is 0 Å². The molecule has 0 atom stereocenters. The van der Waals surface area contributed by atoms with Crippen LogP contribution < -0.4 is 0 Å². The Kier molecular flexibility index (Phi) is 3.48. The Morgan fingerprint density at radius 1 is 1.59 bits per heavy atom. The van der Waals surface area contributed by atoms with Gasteiger partial charge in [-0.25, -0.2) is 0 Å². The molecular weight excluding hydrogens is 307 g/mol. The quantitative estimate of drug-likeness (QED) is 0.925. The molecule has 1 aromatic rings. The highest BCUT2D eigenvalue weighted by molar-refractivity contribution is 9.10. The van der Waals surface area contributed by atoms with Crippen LogP contribution in [0.4, 0.5) is 0 Å². The molecule has 0 unspecified atom stereocenters. The van der Waals surface area contributed by atoms with Gasteiger partial charge < -0.3 is 9.84 Å². The lowest BCUT2D eigenvalue weighted by Crippen LogP contribution is -2.19.